The van der Waals surface area contributed by atoms with E-state index in [9.17, 15) is 0 Å². The Morgan fingerprint density at radius 1 is 1.31 bits per heavy atom. The van der Waals surface area contributed by atoms with E-state index in [1.54, 1.807) is 11.8 Å². The fourth-order valence-corrected chi connectivity index (χ4v) is 2.03. The smallest absolute Gasteiger partial charge is 0.158 e. The zero-order valence-corrected chi connectivity index (χ0v) is 9.74. The van der Waals surface area contributed by atoms with Crippen molar-refractivity contribution in [2.75, 3.05) is 12.4 Å². The highest BCUT2D eigenvalue weighted by Crippen LogP contribution is 2.17. The van der Waals surface area contributed by atoms with Crippen LogP contribution in [0.3, 0.4) is 0 Å². The minimum Gasteiger partial charge on any atom is -0.493 e. The van der Waals surface area contributed by atoms with Crippen LogP contribution in [0.5, 0.6) is 5.75 Å². The molecule has 1 aromatic carbocycles. The van der Waals surface area contributed by atoms with Crippen molar-refractivity contribution in [3.05, 3.63) is 42.1 Å². The van der Waals surface area contributed by atoms with Gasteiger partial charge in [0.1, 0.15) is 5.75 Å². The zero-order valence-electron chi connectivity index (χ0n) is 8.93. The lowest BCUT2D eigenvalue weighted by atomic mass is 10.2. The first-order valence-corrected chi connectivity index (χ1v) is 6.15. The molecule has 3 nitrogen and oxygen atoms in total. The second kappa shape index (κ2) is 5.61. The fourth-order valence-electron chi connectivity index (χ4n) is 1.35. The summed E-state index contributed by atoms with van der Waals surface area (Å²) >= 11 is 1.58. The Hall–Kier alpha value is -1.42. The molecule has 2 rings (SSSR count). The Labute approximate surface area is 99.4 Å². The van der Waals surface area contributed by atoms with Gasteiger partial charge >= 0.3 is 0 Å². The van der Waals surface area contributed by atoms with Gasteiger partial charge in [-0.3, -0.25) is 0 Å². The highest BCUT2D eigenvalue weighted by Gasteiger charge is 2.05. The molecule has 0 bridgehead atoms. The van der Waals surface area contributed by atoms with Gasteiger partial charge in [0.05, 0.1) is 6.61 Å². The molecule has 1 aliphatic rings. The van der Waals surface area contributed by atoms with Crippen LogP contribution in [0.1, 0.15) is 6.42 Å². The van der Waals surface area contributed by atoms with Gasteiger partial charge in [0.25, 0.3) is 0 Å². The minimum absolute atomic E-state index is 0.646. The predicted molar refractivity (Wildman–Crippen MR) is 68.7 cm³/mol. The number of ether oxygens (including phenoxy) is 1. The number of rotatable bonds is 4. The molecule has 0 unspecified atom stereocenters. The van der Waals surface area contributed by atoms with Crippen molar-refractivity contribution < 1.29 is 4.74 Å². The number of aliphatic imine (C=N–C) groups is 1. The van der Waals surface area contributed by atoms with Gasteiger partial charge < -0.3 is 10.5 Å². The van der Waals surface area contributed by atoms with Crippen molar-refractivity contribution in [2.45, 2.75) is 6.42 Å². The lowest BCUT2D eigenvalue weighted by Gasteiger charge is -2.11. The molecule has 0 aliphatic carbocycles. The quantitative estimate of drug-likeness (QED) is 0.870. The Bertz CT molecular complexity index is 401. The maximum absolute atomic E-state index is 5.61. The number of nitrogens with two attached hydrogens (primary N) is 1. The molecule has 2 N–H and O–H groups in total. The minimum atomic E-state index is 0.646. The molecule has 16 heavy (non-hydrogen) atoms. The molecule has 0 amide bonds. The van der Waals surface area contributed by atoms with Gasteiger partial charge in [-0.1, -0.05) is 30.0 Å². The van der Waals surface area contributed by atoms with E-state index >= 15 is 0 Å². The summed E-state index contributed by atoms with van der Waals surface area (Å²) < 4.78 is 5.61. The van der Waals surface area contributed by atoms with Crippen LogP contribution >= 0.6 is 11.8 Å². The zero-order chi connectivity index (χ0) is 11.2. The number of nitrogens with zero attached hydrogens (tertiary/aromatic N) is 1. The van der Waals surface area contributed by atoms with Gasteiger partial charge in [-0.2, -0.15) is 0 Å². The maximum Gasteiger partial charge on any atom is 0.158 e. The van der Waals surface area contributed by atoms with Crippen LogP contribution in [0, 0.1) is 0 Å². The molecule has 0 radical (unpaired) electrons. The van der Waals surface area contributed by atoms with Crippen LogP contribution in [0.4, 0.5) is 0 Å². The van der Waals surface area contributed by atoms with Crippen molar-refractivity contribution >= 4 is 16.9 Å². The molecule has 0 aromatic heterocycles. The number of amidine groups is 1. The lowest BCUT2D eigenvalue weighted by Crippen LogP contribution is -2.11. The maximum atomic E-state index is 5.61. The topological polar surface area (TPSA) is 47.6 Å². The predicted octanol–water partition coefficient (Wildman–Crippen LogP) is 2.40. The van der Waals surface area contributed by atoms with Crippen LogP contribution in [0.15, 0.2) is 47.1 Å². The molecule has 1 aromatic rings. The molecule has 1 aliphatic heterocycles. The van der Waals surface area contributed by atoms with Crippen LogP contribution in [-0.2, 0) is 0 Å². The molecule has 0 saturated heterocycles. The van der Waals surface area contributed by atoms with E-state index in [0.29, 0.717) is 11.8 Å². The van der Waals surface area contributed by atoms with E-state index in [0.717, 1.165) is 17.9 Å². The molecular weight excluding hydrogens is 220 g/mol. The highest BCUT2D eigenvalue weighted by atomic mass is 32.2. The third-order valence-corrected chi connectivity index (χ3v) is 3.13. The second-order valence-electron chi connectivity index (χ2n) is 3.45. The van der Waals surface area contributed by atoms with Gasteiger partial charge in [0.15, 0.2) is 5.17 Å². The molecule has 1 heterocycles. The summed E-state index contributed by atoms with van der Waals surface area (Å²) in [5, 5.41) is 0.646. The molecule has 0 saturated carbocycles. The first-order valence-electron chi connectivity index (χ1n) is 5.16. The number of benzene rings is 1. The molecule has 4 heteroatoms. The van der Waals surface area contributed by atoms with Gasteiger partial charge in [0, 0.05) is 18.4 Å². The summed E-state index contributed by atoms with van der Waals surface area (Å²) in [7, 11) is 0. The van der Waals surface area contributed by atoms with Crippen molar-refractivity contribution in [1.82, 2.24) is 0 Å². The summed E-state index contributed by atoms with van der Waals surface area (Å²) in [4.78, 5) is 4.08. The van der Waals surface area contributed by atoms with E-state index < -0.39 is 0 Å². The van der Waals surface area contributed by atoms with E-state index in [1.807, 2.05) is 36.5 Å². The Morgan fingerprint density at radius 3 is 2.81 bits per heavy atom. The van der Waals surface area contributed by atoms with Crippen molar-refractivity contribution in [3.8, 4) is 5.75 Å². The van der Waals surface area contributed by atoms with Gasteiger partial charge in [-0.05, 0) is 17.7 Å². The molecule has 0 atom stereocenters. The molecule has 0 fully saturated rings. The molecular formula is C12H14N2OS. The Balaban J connectivity index is 1.77. The van der Waals surface area contributed by atoms with Crippen LogP contribution in [0.2, 0.25) is 0 Å². The van der Waals surface area contributed by atoms with E-state index in [2.05, 4.69) is 4.99 Å². The van der Waals surface area contributed by atoms with Crippen molar-refractivity contribution in [1.29, 1.82) is 0 Å². The highest BCUT2D eigenvalue weighted by molar-refractivity contribution is 8.14. The van der Waals surface area contributed by atoms with E-state index in [4.69, 9.17) is 10.5 Å². The van der Waals surface area contributed by atoms with E-state index in [1.165, 1.54) is 5.57 Å². The van der Waals surface area contributed by atoms with Crippen molar-refractivity contribution in [3.63, 3.8) is 0 Å². The molecule has 84 valence electrons. The lowest BCUT2D eigenvalue weighted by molar-refractivity contribution is 0.321. The van der Waals surface area contributed by atoms with Crippen molar-refractivity contribution in [2.24, 2.45) is 10.7 Å². The summed E-state index contributed by atoms with van der Waals surface area (Å²) in [6.45, 7) is 0.686. The van der Waals surface area contributed by atoms with E-state index in [-0.39, 0.29) is 0 Å². The van der Waals surface area contributed by atoms with Crippen LogP contribution in [-0.4, -0.2) is 17.5 Å². The van der Waals surface area contributed by atoms with Crippen LogP contribution in [0.25, 0.3) is 0 Å². The van der Waals surface area contributed by atoms with Crippen LogP contribution < -0.4 is 10.5 Å². The first-order chi connectivity index (χ1) is 7.84. The standard InChI is InChI=1S/C12H14N2OS/c13-12-14-8-10(9-16-12)6-7-15-11-4-2-1-3-5-11/h1-5,8H,6-7,9H2,(H2,13,14). The third-order valence-electron chi connectivity index (χ3n) is 2.21. The second-order valence-corrected chi connectivity index (χ2v) is 4.45. The Morgan fingerprint density at radius 2 is 2.12 bits per heavy atom. The first kappa shape index (κ1) is 11.1. The number of thioether (sulfide) groups is 1. The SMILES string of the molecule is NC1=NC=C(CCOc2ccccc2)CS1. The number of hydrogen-bond donors (Lipinski definition) is 1. The van der Waals surface area contributed by atoms with Gasteiger partial charge in [-0.25, -0.2) is 4.99 Å². The summed E-state index contributed by atoms with van der Waals surface area (Å²) in [5.74, 6) is 1.84. The average Bonchev–Trinajstić information content (AvgIpc) is 2.33. The Kier molecular flexibility index (Phi) is 3.88. The third kappa shape index (κ3) is 3.31. The fraction of sp³-hybridized carbons (Fsp3) is 0.250. The monoisotopic (exact) mass is 234 g/mol. The number of para-hydroxylation sites is 1. The van der Waals surface area contributed by atoms with Gasteiger partial charge in [-0.15, -0.1) is 0 Å². The normalized spacial score (nSPS) is 15.2. The summed E-state index contributed by atoms with van der Waals surface area (Å²) in [6, 6.07) is 9.83. The molecule has 0 spiro atoms. The largest absolute Gasteiger partial charge is 0.493 e. The summed E-state index contributed by atoms with van der Waals surface area (Å²) in [6.07, 6.45) is 2.75. The summed E-state index contributed by atoms with van der Waals surface area (Å²) in [5.41, 5.74) is 6.83. The van der Waals surface area contributed by atoms with Gasteiger partial charge in [0.2, 0.25) is 0 Å². The average molecular weight is 234 g/mol. The number of hydrogen-bond acceptors (Lipinski definition) is 4.